The van der Waals surface area contributed by atoms with E-state index in [1.165, 1.54) is 11.1 Å². The van der Waals surface area contributed by atoms with Crippen LogP contribution in [0, 0.1) is 30.1 Å². The van der Waals surface area contributed by atoms with Gasteiger partial charge in [0.1, 0.15) is 6.04 Å². The Morgan fingerprint density at radius 1 is 1.20 bits per heavy atom. The molecule has 4 fully saturated rings. The normalized spacial score (nSPS) is 34.1. The van der Waals surface area contributed by atoms with Crippen LogP contribution < -0.4 is 0 Å². The molecule has 5 rings (SSSR count). The molecular weight excluding hydrogens is 376 g/mol. The Morgan fingerprint density at radius 2 is 1.93 bits per heavy atom. The molecular formula is C24H30N4O2. The fourth-order valence-electron chi connectivity index (χ4n) is 5.98. The summed E-state index contributed by atoms with van der Waals surface area (Å²) in [6.45, 7) is 7.57. The first-order chi connectivity index (χ1) is 14.4. The molecule has 30 heavy (non-hydrogen) atoms. The number of aryl methyl sites for hydroxylation is 1. The molecule has 6 nitrogen and oxygen atoms in total. The summed E-state index contributed by atoms with van der Waals surface area (Å²) in [6, 6.07) is 10.9. The molecule has 3 saturated heterocycles. The third-order valence-corrected chi connectivity index (χ3v) is 7.73. The predicted octanol–water partition coefficient (Wildman–Crippen LogP) is 2.49. The van der Waals surface area contributed by atoms with Crippen molar-refractivity contribution in [3.05, 3.63) is 35.4 Å². The number of likely N-dealkylation sites (tertiary alicyclic amines) is 3. The Balaban J connectivity index is 1.23. The van der Waals surface area contributed by atoms with Crippen LogP contribution in [0.2, 0.25) is 0 Å². The van der Waals surface area contributed by atoms with E-state index in [-0.39, 0.29) is 47.9 Å². The Bertz CT molecular complexity index is 907. The highest BCUT2D eigenvalue weighted by atomic mass is 16.2. The number of hydrogen-bond acceptors (Lipinski definition) is 4. The molecule has 0 aromatic heterocycles. The second kappa shape index (κ2) is 7.09. The van der Waals surface area contributed by atoms with Crippen LogP contribution in [0.4, 0.5) is 0 Å². The van der Waals surface area contributed by atoms with E-state index < -0.39 is 0 Å². The summed E-state index contributed by atoms with van der Waals surface area (Å²) < 4.78 is 0. The minimum absolute atomic E-state index is 0.0714. The van der Waals surface area contributed by atoms with Crippen molar-refractivity contribution < 1.29 is 9.59 Å². The van der Waals surface area contributed by atoms with E-state index in [0.717, 1.165) is 25.8 Å². The number of hydrogen-bond donors (Lipinski definition) is 0. The van der Waals surface area contributed by atoms with Crippen molar-refractivity contribution >= 4 is 11.8 Å². The van der Waals surface area contributed by atoms with Crippen molar-refractivity contribution in [2.75, 3.05) is 13.1 Å². The summed E-state index contributed by atoms with van der Waals surface area (Å²) in [6.07, 6.45) is 2.74. The number of rotatable bonds is 5. The minimum atomic E-state index is -0.258. The van der Waals surface area contributed by atoms with Gasteiger partial charge in [-0.3, -0.25) is 14.5 Å². The third kappa shape index (κ3) is 3.02. The summed E-state index contributed by atoms with van der Waals surface area (Å²) >= 11 is 0. The lowest BCUT2D eigenvalue weighted by Crippen LogP contribution is -2.53. The Morgan fingerprint density at radius 3 is 2.60 bits per heavy atom. The highest BCUT2D eigenvalue weighted by Gasteiger charge is 2.55. The number of carbonyl (C=O) groups is 2. The van der Waals surface area contributed by atoms with Gasteiger partial charge in [0.2, 0.25) is 11.8 Å². The van der Waals surface area contributed by atoms with E-state index in [9.17, 15) is 14.9 Å². The Kier molecular flexibility index (Phi) is 4.62. The van der Waals surface area contributed by atoms with Gasteiger partial charge in [0, 0.05) is 31.1 Å². The smallest absolute Gasteiger partial charge is 0.240 e. The van der Waals surface area contributed by atoms with E-state index >= 15 is 0 Å². The molecule has 0 N–H and O–H groups in total. The molecule has 1 aliphatic carbocycles. The highest BCUT2D eigenvalue weighted by Crippen LogP contribution is 2.48. The SMILES string of the molecule is Cc1ccc([C@@H](C)N2C(=O)[C@@H]3C[C@H]2CN3C[C@H](C)C(=O)N2C3C[C@H]3C[C@H]2C#N)cc1. The van der Waals surface area contributed by atoms with Crippen molar-refractivity contribution in [2.24, 2.45) is 11.8 Å². The quantitative estimate of drug-likeness (QED) is 0.754. The fraction of sp³-hybridized carbons (Fsp3) is 0.625. The summed E-state index contributed by atoms with van der Waals surface area (Å²) in [7, 11) is 0. The van der Waals surface area contributed by atoms with Crippen LogP contribution >= 0.6 is 0 Å². The zero-order chi connectivity index (χ0) is 21.2. The molecule has 0 radical (unpaired) electrons. The first-order valence-corrected chi connectivity index (χ1v) is 11.2. The summed E-state index contributed by atoms with van der Waals surface area (Å²) in [4.78, 5) is 32.3. The topological polar surface area (TPSA) is 67.7 Å². The van der Waals surface area contributed by atoms with E-state index in [1.807, 2.05) is 11.8 Å². The molecule has 1 saturated carbocycles. The minimum Gasteiger partial charge on any atom is -0.330 e. The van der Waals surface area contributed by atoms with E-state index in [4.69, 9.17) is 0 Å². The summed E-state index contributed by atoms with van der Waals surface area (Å²) in [5.41, 5.74) is 2.39. The zero-order valence-electron chi connectivity index (χ0n) is 18.0. The molecule has 3 heterocycles. The van der Waals surface area contributed by atoms with Crippen LogP contribution in [0.1, 0.15) is 50.3 Å². The molecule has 0 spiro atoms. The number of nitrogens with zero attached hydrogens (tertiary/aromatic N) is 4. The molecule has 1 aromatic rings. The molecule has 1 aromatic carbocycles. The lowest BCUT2D eigenvalue weighted by atomic mass is 10.0. The van der Waals surface area contributed by atoms with E-state index in [1.54, 1.807) is 0 Å². The first kappa shape index (κ1) is 19.6. The maximum absolute atomic E-state index is 13.2. The van der Waals surface area contributed by atoms with Crippen LogP contribution in [-0.4, -0.2) is 63.8 Å². The number of amides is 2. The zero-order valence-corrected chi connectivity index (χ0v) is 18.0. The van der Waals surface area contributed by atoms with Gasteiger partial charge in [-0.1, -0.05) is 36.8 Å². The standard InChI is InChI=1S/C24H30N4O2/c1-14-4-6-17(7-5-14)16(3)27-20-10-22(24(27)30)26(13-20)12-15(2)23(29)28-19(11-25)8-18-9-21(18)28/h4-7,15-16,18-22H,8-10,12-13H2,1-3H3/t15-,16+,18+,19-,20-,21?,22-/m0/s1. The maximum atomic E-state index is 13.2. The second-order valence-electron chi connectivity index (χ2n) is 9.78. The summed E-state index contributed by atoms with van der Waals surface area (Å²) in [5, 5.41) is 9.40. The highest BCUT2D eigenvalue weighted by molar-refractivity contribution is 5.86. The number of carbonyl (C=O) groups excluding carboxylic acids is 2. The third-order valence-electron chi connectivity index (χ3n) is 7.73. The second-order valence-corrected chi connectivity index (χ2v) is 9.78. The molecule has 158 valence electrons. The van der Waals surface area contributed by atoms with Crippen LogP contribution in [0.5, 0.6) is 0 Å². The van der Waals surface area contributed by atoms with Gasteiger partial charge in [-0.15, -0.1) is 0 Å². The van der Waals surface area contributed by atoms with Gasteiger partial charge in [0.15, 0.2) is 0 Å². The molecule has 3 aliphatic heterocycles. The summed E-state index contributed by atoms with van der Waals surface area (Å²) in [5.74, 6) is 0.631. The molecule has 2 bridgehead atoms. The Hall–Kier alpha value is -2.39. The maximum Gasteiger partial charge on any atom is 0.240 e. The van der Waals surface area contributed by atoms with Gasteiger partial charge in [0.05, 0.1) is 18.2 Å². The molecule has 4 aliphatic rings. The molecule has 1 unspecified atom stereocenters. The number of fused-ring (bicyclic) bond motifs is 3. The molecule has 2 amide bonds. The lowest BCUT2D eigenvalue weighted by molar-refractivity contribution is -0.142. The van der Waals surface area contributed by atoms with Gasteiger partial charge in [-0.05, 0) is 44.6 Å². The Labute approximate surface area is 178 Å². The predicted molar refractivity (Wildman–Crippen MR) is 112 cm³/mol. The van der Waals surface area contributed by atoms with Gasteiger partial charge < -0.3 is 9.80 Å². The number of piperidine rings is 1. The lowest BCUT2D eigenvalue weighted by Gasteiger charge is -2.38. The van der Waals surface area contributed by atoms with Crippen LogP contribution in [0.25, 0.3) is 0 Å². The van der Waals surface area contributed by atoms with Gasteiger partial charge >= 0.3 is 0 Å². The van der Waals surface area contributed by atoms with Crippen molar-refractivity contribution in [1.82, 2.24) is 14.7 Å². The number of benzene rings is 1. The monoisotopic (exact) mass is 406 g/mol. The van der Waals surface area contributed by atoms with Gasteiger partial charge in [0.25, 0.3) is 0 Å². The van der Waals surface area contributed by atoms with E-state index in [2.05, 4.69) is 54.0 Å². The van der Waals surface area contributed by atoms with Crippen molar-refractivity contribution in [3.8, 4) is 6.07 Å². The average Bonchev–Trinajstić information content (AvgIpc) is 3.07. The van der Waals surface area contributed by atoms with Crippen molar-refractivity contribution in [2.45, 2.75) is 70.2 Å². The number of piperazine rings is 1. The van der Waals surface area contributed by atoms with Gasteiger partial charge in [-0.25, -0.2) is 0 Å². The van der Waals surface area contributed by atoms with Gasteiger partial charge in [-0.2, -0.15) is 5.26 Å². The first-order valence-electron chi connectivity index (χ1n) is 11.2. The molecule has 6 heteroatoms. The fourth-order valence-corrected chi connectivity index (χ4v) is 5.98. The van der Waals surface area contributed by atoms with Crippen molar-refractivity contribution in [3.63, 3.8) is 0 Å². The number of nitriles is 1. The average molecular weight is 407 g/mol. The van der Waals surface area contributed by atoms with Crippen LogP contribution in [0.3, 0.4) is 0 Å². The largest absolute Gasteiger partial charge is 0.330 e. The van der Waals surface area contributed by atoms with Crippen molar-refractivity contribution in [1.29, 1.82) is 5.26 Å². The molecule has 7 atom stereocenters. The van der Waals surface area contributed by atoms with Crippen LogP contribution in [-0.2, 0) is 9.59 Å². The van der Waals surface area contributed by atoms with Crippen LogP contribution in [0.15, 0.2) is 24.3 Å². The van der Waals surface area contributed by atoms with E-state index in [0.29, 0.717) is 12.5 Å².